The van der Waals surface area contributed by atoms with E-state index >= 15 is 0 Å². The van der Waals surface area contributed by atoms with E-state index in [2.05, 4.69) is 25.8 Å². The maximum absolute atomic E-state index is 2.49. The number of rotatable bonds is 0. The maximum Gasteiger partial charge on any atom is 1.00 e. The van der Waals surface area contributed by atoms with Crippen LogP contribution < -0.4 is 58.2 Å². The number of nitrogens with zero attached hydrogens (tertiary/aromatic N) is 1. The first-order chi connectivity index (χ1) is 6.60. The van der Waals surface area contributed by atoms with Gasteiger partial charge in [-0.2, -0.15) is 13.3 Å². The summed E-state index contributed by atoms with van der Waals surface area (Å²) in [6, 6.07) is 0. The Morgan fingerprint density at radius 3 is 2.67 bits per heavy atom. The maximum atomic E-state index is 2.49. The molecule has 0 aromatic rings. The van der Waals surface area contributed by atoms with Crippen molar-refractivity contribution in [2.75, 3.05) is 20.1 Å². The van der Waals surface area contributed by atoms with Crippen LogP contribution in [0.25, 0.3) is 0 Å². The van der Waals surface area contributed by atoms with Gasteiger partial charge in [0.1, 0.15) is 0 Å². The molecule has 0 aromatic heterocycles. The fourth-order valence-electron chi connectivity index (χ4n) is 3.64. The third-order valence-corrected chi connectivity index (χ3v) is 4.19. The van der Waals surface area contributed by atoms with Gasteiger partial charge in [-0.15, -0.1) is 6.54 Å². The molecule has 1 heterocycles. The molecule has 2 unspecified atom stereocenters. The third kappa shape index (κ3) is 3.87. The molecule has 0 bridgehead atoms. The van der Waals surface area contributed by atoms with Gasteiger partial charge in [-0.25, -0.2) is 0 Å². The van der Waals surface area contributed by atoms with Gasteiger partial charge in [0.05, 0.1) is 0 Å². The zero-order chi connectivity index (χ0) is 10.2. The third-order valence-electron chi connectivity index (χ3n) is 4.19. The van der Waals surface area contributed by atoms with Gasteiger partial charge in [-0.1, -0.05) is 18.8 Å². The molecular formula is C13H24NRb. The molecule has 15 heavy (non-hydrogen) atoms. The van der Waals surface area contributed by atoms with Gasteiger partial charge in [0, 0.05) is 0 Å². The molecule has 0 amide bonds. The van der Waals surface area contributed by atoms with Crippen LogP contribution in [0.15, 0.2) is 0 Å². The van der Waals surface area contributed by atoms with Gasteiger partial charge in [0.15, 0.2) is 0 Å². The van der Waals surface area contributed by atoms with Crippen molar-refractivity contribution >= 4 is 0 Å². The quantitative estimate of drug-likeness (QED) is 0.570. The van der Waals surface area contributed by atoms with Crippen molar-refractivity contribution in [3.8, 4) is 0 Å². The molecule has 0 aromatic carbocycles. The van der Waals surface area contributed by atoms with Gasteiger partial charge < -0.3 is 10.8 Å². The van der Waals surface area contributed by atoms with Crippen molar-refractivity contribution < 1.29 is 58.2 Å². The van der Waals surface area contributed by atoms with Crippen LogP contribution in [0.4, 0.5) is 0 Å². The second-order valence-corrected chi connectivity index (χ2v) is 5.97. The van der Waals surface area contributed by atoms with Crippen molar-refractivity contribution in [2.45, 2.75) is 46.0 Å². The molecule has 1 aliphatic heterocycles. The Hall–Kier alpha value is 1.77. The van der Waals surface area contributed by atoms with Crippen molar-refractivity contribution in [1.29, 1.82) is 0 Å². The van der Waals surface area contributed by atoms with Crippen molar-refractivity contribution in [2.24, 2.45) is 11.3 Å². The smallest absolute Gasteiger partial charge is 0.335 e. The second-order valence-electron chi connectivity index (χ2n) is 5.97. The van der Waals surface area contributed by atoms with Crippen LogP contribution in [0.1, 0.15) is 46.0 Å². The predicted octanol–water partition coefficient (Wildman–Crippen LogP) is 0.117. The van der Waals surface area contributed by atoms with Crippen LogP contribution in [0.2, 0.25) is 0 Å². The second kappa shape index (κ2) is 6.09. The first-order valence-corrected chi connectivity index (χ1v) is 6.09. The fourth-order valence-corrected chi connectivity index (χ4v) is 3.64. The van der Waals surface area contributed by atoms with E-state index in [1.807, 2.05) is 0 Å². The van der Waals surface area contributed by atoms with E-state index in [9.17, 15) is 0 Å². The van der Waals surface area contributed by atoms with E-state index in [-0.39, 0.29) is 58.2 Å². The molecule has 1 nitrogen and oxygen atoms in total. The summed E-state index contributed by atoms with van der Waals surface area (Å²) in [6.07, 6.45) is 7.28. The van der Waals surface area contributed by atoms with Crippen molar-refractivity contribution in [1.82, 2.24) is 4.90 Å². The number of hydrogen-bond donors (Lipinski definition) is 0. The van der Waals surface area contributed by atoms with Crippen LogP contribution in [-0.2, 0) is 0 Å². The molecule has 0 N–H and O–H groups in total. The Labute approximate surface area is 144 Å². The summed E-state index contributed by atoms with van der Waals surface area (Å²) in [5.41, 5.74) is 0.703. The summed E-state index contributed by atoms with van der Waals surface area (Å²) in [5, 5.41) is 0. The van der Waals surface area contributed by atoms with Gasteiger partial charge in [0.2, 0.25) is 0 Å². The zero-order valence-electron chi connectivity index (χ0n) is 11.0. The van der Waals surface area contributed by atoms with Crippen molar-refractivity contribution in [3.63, 3.8) is 0 Å². The Kier molecular flexibility index (Phi) is 6.01. The SMILES string of the molecule is C[C-]1CN(C)CCC2(CCC(C)C2)C1.[Rb+]. The summed E-state index contributed by atoms with van der Waals surface area (Å²) in [7, 11) is 2.26. The minimum atomic E-state index is 0. The summed E-state index contributed by atoms with van der Waals surface area (Å²) in [5.74, 6) is 2.69. The molecule has 2 rings (SSSR count). The van der Waals surface area contributed by atoms with E-state index in [0.29, 0.717) is 5.41 Å². The minimum absolute atomic E-state index is 0. The first-order valence-electron chi connectivity index (χ1n) is 6.09. The predicted molar refractivity (Wildman–Crippen MR) is 61.1 cm³/mol. The van der Waals surface area contributed by atoms with Crippen molar-refractivity contribution in [3.05, 3.63) is 5.92 Å². The van der Waals surface area contributed by atoms with Gasteiger partial charge in [-0.05, 0) is 38.8 Å². The average Bonchev–Trinajstić information content (AvgIpc) is 2.37. The zero-order valence-corrected chi connectivity index (χ0v) is 15.9. The molecule has 2 heteroatoms. The minimum Gasteiger partial charge on any atom is -0.335 e. The van der Waals surface area contributed by atoms with E-state index < -0.39 is 0 Å². The van der Waals surface area contributed by atoms with E-state index in [1.165, 1.54) is 45.2 Å². The molecule has 2 aliphatic rings. The molecule has 0 radical (unpaired) electrons. The van der Waals surface area contributed by atoms with Gasteiger partial charge in [-0.3, -0.25) is 0 Å². The molecular weight excluding hydrogens is 256 g/mol. The monoisotopic (exact) mass is 279 g/mol. The summed E-state index contributed by atoms with van der Waals surface area (Å²) in [6.45, 7) is 7.32. The molecule has 1 spiro atoms. The summed E-state index contributed by atoms with van der Waals surface area (Å²) in [4.78, 5) is 2.49. The Morgan fingerprint density at radius 1 is 1.33 bits per heavy atom. The standard InChI is InChI=1S/C13H24N.Rb/c1-11-4-5-13(8-11)6-7-14(3)10-12(2)9-13;/h11H,4-10H2,1-3H3;/q-1;+1. The van der Waals surface area contributed by atoms with Crippen LogP contribution >= 0.6 is 0 Å². The Balaban J connectivity index is 0.00000112. The van der Waals surface area contributed by atoms with Crippen LogP contribution in [0.5, 0.6) is 0 Å². The summed E-state index contributed by atoms with van der Waals surface area (Å²) >= 11 is 0. The van der Waals surface area contributed by atoms with Gasteiger partial charge >= 0.3 is 58.2 Å². The van der Waals surface area contributed by atoms with E-state index in [1.54, 1.807) is 5.92 Å². The Bertz CT molecular complexity index is 207. The molecule has 1 aliphatic carbocycles. The average molecular weight is 280 g/mol. The molecule has 82 valence electrons. The first kappa shape index (κ1) is 14.8. The van der Waals surface area contributed by atoms with Crippen LogP contribution in [0.3, 0.4) is 0 Å². The largest absolute Gasteiger partial charge is 1.00 e. The van der Waals surface area contributed by atoms with Gasteiger partial charge in [0.25, 0.3) is 0 Å². The molecule has 2 atom stereocenters. The Morgan fingerprint density at radius 2 is 2.07 bits per heavy atom. The van der Waals surface area contributed by atoms with E-state index in [4.69, 9.17) is 0 Å². The van der Waals surface area contributed by atoms with E-state index in [0.717, 1.165) is 5.92 Å². The van der Waals surface area contributed by atoms with Crippen LogP contribution in [0, 0.1) is 17.3 Å². The summed E-state index contributed by atoms with van der Waals surface area (Å²) < 4.78 is 0. The fraction of sp³-hybridized carbons (Fsp3) is 0.923. The topological polar surface area (TPSA) is 3.24 Å². The molecule has 1 saturated heterocycles. The normalized spacial score (nSPS) is 39.0. The number of likely N-dealkylation sites (tertiary alicyclic amines) is 1. The molecule has 2 fully saturated rings. The number of hydrogen-bond acceptors (Lipinski definition) is 1. The molecule has 1 saturated carbocycles. The van der Waals surface area contributed by atoms with Crippen LogP contribution in [-0.4, -0.2) is 25.0 Å².